The number of nitrogens with one attached hydrogen (secondary N) is 1. The molecule has 1 aliphatic rings. The van der Waals surface area contributed by atoms with Crippen LogP contribution in [0.4, 0.5) is 0 Å². The molecular weight excluding hydrogens is 254 g/mol. The van der Waals surface area contributed by atoms with Crippen molar-refractivity contribution in [3.8, 4) is 5.75 Å². The molecule has 0 bridgehead atoms. The van der Waals surface area contributed by atoms with Crippen molar-refractivity contribution in [2.24, 2.45) is 0 Å². The Kier molecular flexibility index (Phi) is 4.44. The second kappa shape index (κ2) is 6.07. The third kappa shape index (κ3) is 3.37. The molecule has 0 saturated carbocycles. The minimum absolute atomic E-state index is 0.0490. The minimum Gasteiger partial charge on any atom is -0.488 e. The monoisotopic (exact) mass is 269 g/mol. The number of halogens is 1. The Balaban J connectivity index is 1.76. The van der Waals surface area contributed by atoms with Gasteiger partial charge in [0, 0.05) is 18.0 Å². The number of benzene rings is 1. The van der Waals surface area contributed by atoms with E-state index in [0.717, 1.165) is 22.8 Å². The van der Waals surface area contributed by atoms with Crippen molar-refractivity contribution in [2.75, 3.05) is 19.7 Å². The van der Waals surface area contributed by atoms with Gasteiger partial charge in [-0.3, -0.25) is 4.79 Å². The van der Waals surface area contributed by atoms with Gasteiger partial charge in [0.2, 0.25) is 0 Å². The van der Waals surface area contributed by atoms with Crippen LogP contribution in [0.5, 0.6) is 5.75 Å². The number of rotatable bonds is 5. The molecule has 0 saturated heterocycles. The van der Waals surface area contributed by atoms with E-state index in [9.17, 15) is 4.79 Å². The molecule has 1 heterocycles. The second-order valence-corrected chi connectivity index (χ2v) is 4.57. The molecule has 1 N–H and O–H groups in total. The maximum atomic E-state index is 11.1. The standard InChI is InChI=1S/C13H16ClNO3/c1-2-17-13(16)8-15-7-11-6-9-5-10(14)3-4-12(9)18-11/h3-5,11,15H,2,6-8H2,1H3. The van der Waals surface area contributed by atoms with Crippen LogP contribution in [0.3, 0.4) is 0 Å². The molecule has 0 radical (unpaired) electrons. The van der Waals surface area contributed by atoms with E-state index >= 15 is 0 Å². The molecule has 2 rings (SSSR count). The summed E-state index contributed by atoms with van der Waals surface area (Å²) in [4.78, 5) is 11.1. The molecule has 0 aliphatic carbocycles. The average Bonchev–Trinajstić information content (AvgIpc) is 2.71. The fourth-order valence-electron chi connectivity index (χ4n) is 1.95. The maximum absolute atomic E-state index is 11.1. The van der Waals surface area contributed by atoms with Gasteiger partial charge < -0.3 is 14.8 Å². The first-order valence-corrected chi connectivity index (χ1v) is 6.38. The van der Waals surface area contributed by atoms with E-state index in [1.807, 2.05) is 18.2 Å². The van der Waals surface area contributed by atoms with Gasteiger partial charge in [0.1, 0.15) is 11.9 Å². The van der Waals surface area contributed by atoms with Gasteiger partial charge in [0.15, 0.2) is 0 Å². The molecule has 1 atom stereocenters. The normalized spacial score (nSPS) is 17.1. The first-order valence-electron chi connectivity index (χ1n) is 6.00. The molecular formula is C13H16ClNO3. The smallest absolute Gasteiger partial charge is 0.319 e. The van der Waals surface area contributed by atoms with Crippen molar-refractivity contribution in [2.45, 2.75) is 19.4 Å². The largest absolute Gasteiger partial charge is 0.488 e. The molecule has 1 aliphatic heterocycles. The van der Waals surface area contributed by atoms with Crippen molar-refractivity contribution in [3.05, 3.63) is 28.8 Å². The van der Waals surface area contributed by atoms with Gasteiger partial charge in [-0.15, -0.1) is 0 Å². The highest BCUT2D eigenvalue weighted by Crippen LogP contribution is 2.30. The predicted molar refractivity (Wildman–Crippen MR) is 69.1 cm³/mol. The first kappa shape index (κ1) is 13.2. The van der Waals surface area contributed by atoms with Crippen LogP contribution in [0, 0.1) is 0 Å². The molecule has 0 amide bonds. The van der Waals surface area contributed by atoms with Crippen LogP contribution in [-0.2, 0) is 16.0 Å². The molecule has 5 heteroatoms. The van der Waals surface area contributed by atoms with Crippen molar-refractivity contribution in [3.63, 3.8) is 0 Å². The van der Waals surface area contributed by atoms with Crippen LogP contribution >= 0.6 is 11.6 Å². The molecule has 4 nitrogen and oxygen atoms in total. The lowest BCUT2D eigenvalue weighted by molar-refractivity contribution is -0.142. The summed E-state index contributed by atoms with van der Waals surface area (Å²) in [6.07, 6.45) is 0.860. The van der Waals surface area contributed by atoms with Crippen molar-refractivity contribution in [1.82, 2.24) is 5.32 Å². The maximum Gasteiger partial charge on any atom is 0.319 e. The van der Waals surface area contributed by atoms with Crippen LogP contribution < -0.4 is 10.1 Å². The Morgan fingerprint density at radius 3 is 3.22 bits per heavy atom. The van der Waals surface area contributed by atoms with Crippen LogP contribution in [0.15, 0.2) is 18.2 Å². The highest BCUT2D eigenvalue weighted by molar-refractivity contribution is 6.30. The zero-order valence-corrected chi connectivity index (χ0v) is 11.0. The zero-order chi connectivity index (χ0) is 13.0. The third-order valence-corrected chi connectivity index (χ3v) is 2.95. The Morgan fingerprint density at radius 2 is 2.44 bits per heavy atom. The SMILES string of the molecule is CCOC(=O)CNCC1Cc2cc(Cl)ccc2O1. The van der Waals surface area contributed by atoms with Gasteiger partial charge in [-0.05, 0) is 30.7 Å². The second-order valence-electron chi connectivity index (χ2n) is 4.13. The fraction of sp³-hybridized carbons (Fsp3) is 0.462. The fourth-order valence-corrected chi connectivity index (χ4v) is 2.14. The van der Waals surface area contributed by atoms with Gasteiger partial charge in [-0.2, -0.15) is 0 Å². The Hall–Kier alpha value is -1.26. The topological polar surface area (TPSA) is 47.6 Å². The van der Waals surface area contributed by atoms with Gasteiger partial charge in [-0.25, -0.2) is 0 Å². The number of esters is 1. The highest BCUT2D eigenvalue weighted by atomic mass is 35.5. The number of hydrogen-bond acceptors (Lipinski definition) is 4. The molecule has 0 aromatic heterocycles. The van der Waals surface area contributed by atoms with Crippen molar-refractivity contribution >= 4 is 17.6 Å². The highest BCUT2D eigenvalue weighted by Gasteiger charge is 2.22. The van der Waals surface area contributed by atoms with Crippen LogP contribution in [0.2, 0.25) is 5.02 Å². The molecule has 0 spiro atoms. The van der Waals surface area contributed by atoms with Crippen LogP contribution in [0.25, 0.3) is 0 Å². The van der Waals surface area contributed by atoms with E-state index in [-0.39, 0.29) is 18.6 Å². The first-order chi connectivity index (χ1) is 8.69. The number of carbonyl (C=O) groups excluding carboxylic acids is 1. The average molecular weight is 270 g/mol. The Labute approximate surface area is 111 Å². The van der Waals surface area contributed by atoms with Gasteiger partial charge in [-0.1, -0.05) is 11.6 Å². The van der Waals surface area contributed by atoms with Crippen molar-refractivity contribution < 1.29 is 14.3 Å². The van der Waals surface area contributed by atoms with Crippen LogP contribution in [-0.4, -0.2) is 31.8 Å². The van der Waals surface area contributed by atoms with E-state index in [1.165, 1.54) is 0 Å². The van der Waals surface area contributed by atoms with Crippen molar-refractivity contribution in [1.29, 1.82) is 0 Å². The summed E-state index contributed by atoms with van der Waals surface area (Å²) in [6, 6.07) is 5.61. The lowest BCUT2D eigenvalue weighted by Gasteiger charge is -2.11. The quantitative estimate of drug-likeness (QED) is 0.828. The Morgan fingerprint density at radius 1 is 1.61 bits per heavy atom. The molecule has 18 heavy (non-hydrogen) atoms. The summed E-state index contributed by atoms with van der Waals surface area (Å²) < 4.78 is 10.6. The van der Waals surface area contributed by atoms with Gasteiger partial charge >= 0.3 is 5.97 Å². The number of carbonyl (C=O) groups is 1. The summed E-state index contributed by atoms with van der Waals surface area (Å²) in [5, 5.41) is 3.75. The third-order valence-electron chi connectivity index (χ3n) is 2.71. The predicted octanol–water partition coefficient (Wildman–Crippen LogP) is 1.80. The summed E-state index contributed by atoms with van der Waals surface area (Å²) in [7, 11) is 0. The van der Waals surface area contributed by atoms with E-state index < -0.39 is 0 Å². The van der Waals surface area contributed by atoms with E-state index in [0.29, 0.717) is 13.2 Å². The minimum atomic E-state index is -0.240. The number of ether oxygens (including phenoxy) is 2. The summed E-state index contributed by atoms with van der Waals surface area (Å²) in [5.74, 6) is 0.637. The van der Waals surface area contributed by atoms with Crippen LogP contribution in [0.1, 0.15) is 12.5 Å². The van der Waals surface area contributed by atoms with E-state index in [4.69, 9.17) is 21.1 Å². The molecule has 0 fully saturated rings. The lowest BCUT2D eigenvalue weighted by atomic mass is 10.1. The lowest BCUT2D eigenvalue weighted by Crippen LogP contribution is -2.34. The van der Waals surface area contributed by atoms with E-state index in [1.54, 1.807) is 6.92 Å². The molecule has 1 aromatic rings. The molecule has 1 unspecified atom stereocenters. The molecule has 1 aromatic carbocycles. The zero-order valence-electron chi connectivity index (χ0n) is 10.2. The molecule has 98 valence electrons. The van der Waals surface area contributed by atoms with Gasteiger partial charge in [0.05, 0.1) is 13.2 Å². The van der Waals surface area contributed by atoms with E-state index in [2.05, 4.69) is 5.32 Å². The summed E-state index contributed by atoms with van der Waals surface area (Å²) in [6.45, 7) is 3.03. The summed E-state index contributed by atoms with van der Waals surface area (Å²) in [5.41, 5.74) is 1.12. The summed E-state index contributed by atoms with van der Waals surface area (Å²) >= 11 is 5.92. The van der Waals surface area contributed by atoms with Gasteiger partial charge in [0.25, 0.3) is 0 Å². The number of fused-ring (bicyclic) bond motifs is 1. The Bertz CT molecular complexity index is 436. The number of hydrogen-bond donors (Lipinski definition) is 1.